The van der Waals surface area contributed by atoms with E-state index in [0.717, 1.165) is 0 Å². The van der Waals surface area contributed by atoms with E-state index in [4.69, 9.17) is 6.42 Å². The number of rotatable bonds is 4. The van der Waals surface area contributed by atoms with Crippen LogP contribution < -0.4 is 4.90 Å². The molecular formula is C10H8N2O3. The number of nitro benzene ring substituents is 1. The van der Waals surface area contributed by atoms with E-state index in [0.29, 0.717) is 12.1 Å². The molecule has 0 bridgehead atoms. The van der Waals surface area contributed by atoms with Gasteiger partial charge in [0.1, 0.15) is 0 Å². The van der Waals surface area contributed by atoms with Crippen LogP contribution in [0.15, 0.2) is 24.3 Å². The summed E-state index contributed by atoms with van der Waals surface area (Å²) in [6.07, 6.45) is 5.65. The largest absolute Gasteiger partial charge is 0.303 e. The van der Waals surface area contributed by atoms with Crippen LogP contribution in [0.25, 0.3) is 0 Å². The lowest BCUT2D eigenvalue weighted by Crippen LogP contribution is -2.20. The number of carbonyl (C=O) groups excluding carboxylic acids is 1. The summed E-state index contributed by atoms with van der Waals surface area (Å²) in [6, 6.07) is 5.60. The molecule has 0 heterocycles. The van der Waals surface area contributed by atoms with Gasteiger partial charge in [-0.05, 0) is 12.1 Å². The second-order valence-corrected chi connectivity index (χ2v) is 2.71. The fraction of sp³-hybridized carbons (Fsp3) is 0.100. The predicted molar refractivity (Wildman–Crippen MR) is 55.3 cm³/mol. The van der Waals surface area contributed by atoms with Gasteiger partial charge in [0, 0.05) is 17.8 Å². The molecule has 1 rings (SSSR count). The summed E-state index contributed by atoms with van der Waals surface area (Å²) in [6.45, 7) is 0.140. The van der Waals surface area contributed by atoms with Crippen molar-refractivity contribution in [1.29, 1.82) is 0 Å². The van der Waals surface area contributed by atoms with Gasteiger partial charge in [0.15, 0.2) is 0 Å². The Morgan fingerprint density at radius 2 is 2.07 bits per heavy atom. The Morgan fingerprint density at radius 1 is 1.47 bits per heavy atom. The average Bonchev–Trinajstić information content (AvgIpc) is 2.26. The summed E-state index contributed by atoms with van der Waals surface area (Å²) in [4.78, 5) is 21.8. The van der Waals surface area contributed by atoms with E-state index < -0.39 is 4.92 Å². The highest BCUT2D eigenvalue weighted by molar-refractivity contribution is 5.76. The monoisotopic (exact) mass is 204 g/mol. The second-order valence-electron chi connectivity index (χ2n) is 2.71. The summed E-state index contributed by atoms with van der Waals surface area (Å²) in [5.41, 5.74) is 0.513. The molecular weight excluding hydrogens is 196 g/mol. The van der Waals surface area contributed by atoms with Crippen LogP contribution in [-0.4, -0.2) is 17.9 Å². The summed E-state index contributed by atoms with van der Waals surface area (Å²) < 4.78 is 0. The van der Waals surface area contributed by atoms with Gasteiger partial charge in [-0.15, -0.1) is 6.42 Å². The molecule has 0 N–H and O–H groups in total. The van der Waals surface area contributed by atoms with Crippen LogP contribution in [0.5, 0.6) is 0 Å². The quantitative estimate of drug-likeness (QED) is 0.320. The number of amides is 1. The number of hydrogen-bond donors (Lipinski definition) is 0. The minimum absolute atomic E-state index is 0.0229. The number of hydrogen-bond acceptors (Lipinski definition) is 3. The average molecular weight is 204 g/mol. The van der Waals surface area contributed by atoms with Gasteiger partial charge in [-0.2, -0.15) is 0 Å². The predicted octanol–water partition coefficient (Wildman–Crippen LogP) is 1.19. The van der Waals surface area contributed by atoms with Crippen molar-refractivity contribution >= 4 is 17.8 Å². The zero-order chi connectivity index (χ0) is 11.3. The van der Waals surface area contributed by atoms with Crippen LogP contribution >= 0.6 is 0 Å². The van der Waals surface area contributed by atoms with Gasteiger partial charge < -0.3 is 4.90 Å². The van der Waals surface area contributed by atoms with Crippen molar-refractivity contribution in [3.8, 4) is 12.3 Å². The van der Waals surface area contributed by atoms with E-state index in [2.05, 4.69) is 5.92 Å². The number of anilines is 1. The molecule has 0 unspecified atom stereocenters. The van der Waals surface area contributed by atoms with E-state index in [1.54, 1.807) is 0 Å². The molecule has 0 spiro atoms. The highest BCUT2D eigenvalue weighted by Gasteiger charge is 2.07. The Balaban J connectivity index is 2.92. The second kappa shape index (κ2) is 4.77. The van der Waals surface area contributed by atoms with Crippen molar-refractivity contribution in [3.63, 3.8) is 0 Å². The van der Waals surface area contributed by atoms with E-state index in [9.17, 15) is 14.9 Å². The molecule has 5 heteroatoms. The van der Waals surface area contributed by atoms with E-state index in [1.807, 2.05) is 0 Å². The van der Waals surface area contributed by atoms with Gasteiger partial charge in [-0.1, -0.05) is 5.92 Å². The molecule has 1 amide bonds. The van der Waals surface area contributed by atoms with Crippen molar-refractivity contribution in [1.82, 2.24) is 0 Å². The number of non-ortho nitro benzene ring substituents is 1. The molecule has 1 aromatic carbocycles. The lowest BCUT2D eigenvalue weighted by molar-refractivity contribution is -0.384. The maximum atomic E-state index is 10.6. The zero-order valence-corrected chi connectivity index (χ0v) is 7.79. The highest BCUT2D eigenvalue weighted by atomic mass is 16.6. The molecule has 0 saturated carbocycles. The third-order valence-electron chi connectivity index (χ3n) is 1.78. The molecule has 0 atom stereocenters. The lowest BCUT2D eigenvalue weighted by Gasteiger charge is -2.13. The first-order valence-corrected chi connectivity index (χ1v) is 4.09. The van der Waals surface area contributed by atoms with Crippen LogP contribution in [0.3, 0.4) is 0 Å². The maximum Gasteiger partial charge on any atom is 0.269 e. The van der Waals surface area contributed by atoms with E-state index in [1.165, 1.54) is 29.2 Å². The van der Waals surface area contributed by atoms with Gasteiger partial charge in [0.25, 0.3) is 5.69 Å². The van der Waals surface area contributed by atoms with Crippen molar-refractivity contribution in [2.45, 2.75) is 0 Å². The molecule has 0 radical (unpaired) electrons. The molecule has 0 aliphatic heterocycles. The Kier molecular flexibility index (Phi) is 3.41. The molecule has 0 aliphatic rings. The Bertz CT molecular complexity index is 406. The van der Waals surface area contributed by atoms with Crippen molar-refractivity contribution in [2.24, 2.45) is 0 Å². The van der Waals surface area contributed by atoms with Gasteiger partial charge >= 0.3 is 0 Å². The third kappa shape index (κ3) is 2.54. The molecule has 5 nitrogen and oxygen atoms in total. The van der Waals surface area contributed by atoms with E-state index >= 15 is 0 Å². The van der Waals surface area contributed by atoms with Gasteiger partial charge in [-0.25, -0.2) is 0 Å². The van der Waals surface area contributed by atoms with Crippen LogP contribution in [0, 0.1) is 22.5 Å². The minimum Gasteiger partial charge on any atom is -0.303 e. The first kappa shape index (κ1) is 10.7. The van der Waals surface area contributed by atoms with Gasteiger partial charge in [0.2, 0.25) is 6.41 Å². The Morgan fingerprint density at radius 3 is 2.47 bits per heavy atom. The van der Waals surface area contributed by atoms with Crippen molar-refractivity contribution in [3.05, 3.63) is 34.4 Å². The lowest BCUT2D eigenvalue weighted by atomic mass is 10.2. The standard InChI is InChI=1S/C10H8N2O3/c1-2-7-11(8-13)9-3-5-10(6-4-9)12(14)15/h1,3-6,8H,7H2. The number of benzene rings is 1. The first-order valence-electron chi connectivity index (χ1n) is 4.09. The summed E-state index contributed by atoms with van der Waals surface area (Å²) in [5.74, 6) is 2.32. The number of nitro groups is 1. The highest BCUT2D eigenvalue weighted by Crippen LogP contribution is 2.17. The first-order chi connectivity index (χ1) is 7.19. The summed E-state index contributed by atoms with van der Waals surface area (Å²) in [5, 5.41) is 10.4. The molecule has 15 heavy (non-hydrogen) atoms. The van der Waals surface area contributed by atoms with Crippen LogP contribution in [0.1, 0.15) is 0 Å². The molecule has 1 aromatic rings. The number of terminal acetylenes is 1. The van der Waals surface area contributed by atoms with Gasteiger partial charge in [-0.3, -0.25) is 14.9 Å². The van der Waals surface area contributed by atoms with E-state index in [-0.39, 0.29) is 12.2 Å². The zero-order valence-electron chi connectivity index (χ0n) is 7.79. The smallest absolute Gasteiger partial charge is 0.269 e. The Hall–Kier alpha value is -2.35. The topological polar surface area (TPSA) is 63.5 Å². The SMILES string of the molecule is C#CCN(C=O)c1ccc([N+](=O)[O-])cc1. The molecule has 0 aliphatic carbocycles. The normalized spacial score (nSPS) is 9.00. The summed E-state index contributed by atoms with van der Waals surface area (Å²) >= 11 is 0. The minimum atomic E-state index is -0.504. The van der Waals surface area contributed by atoms with Crippen LogP contribution in [0.2, 0.25) is 0 Å². The maximum absolute atomic E-state index is 10.6. The Labute approximate surface area is 86.5 Å². The fourth-order valence-corrected chi connectivity index (χ4v) is 1.05. The number of carbonyl (C=O) groups is 1. The molecule has 0 fully saturated rings. The van der Waals surface area contributed by atoms with Gasteiger partial charge in [0.05, 0.1) is 11.5 Å². The molecule has 76 valence electrons. The number of nitrogens with zero attached hydrogens (tertiary/aromatic N) is 2. The van der Waals surface area contributed by atoms with Crippen LogP contribution in [0.4, 0.5) is 11.4 Å². The molecule has 0 aromatic heterocycles. The van der Waals surface area contributed by atoms with Crippen LogP contribution in [-0.2, 0) is 4.79 Å². The summed E-state index contributed by atoms with van der Waals surface area (Å²) in [7, 11) is 0. The molecule has 0 saturated heterocycles. The third-order valence-corrected chi connectivity index (χ3v) is 1.78. The van der Waals surface area contributed by atoms with Crippen molar-refractivity contribution in [2.75, 3.05) is 11.4 Å². The fourth-order valence-electron chi connectivity index (χ4n) is 1.05. The van der Waals surface area contributed by atoms with Crippen molar-refractivity contribution < 1.29 is 9.72 Å².